The van der Waals surface area contributed by atoms with Gasteiger partial charge in [0.05, 0.1) is 18.2 Å². The van der Waals surface area contributed by atoms with Gasteiger partial charge in [-0.3, -0.25) is 19.7 Å². The summed E-state index contributed by atoms with van der Waals surface area (Å²) in [7, 11) is 0. The minimum atomic E-state index is -1.28. The number of nitrogens with one attached hydrogen (secondary N) is 1. The molecule has 1 fully saturated rings. The molecule has 1 aliphatic rings. The van der Waals surface area contributed by atoms with Crippen LogP contribution in [0.2, 0.25) is 0 Å². The summed E-state index contributed by atoms with van der Waals surface area (Å²) in [6.07, 6.45) is -0.253. The second-order valence-electron chi connectivity index (χ2n) is 4.04. The number of carbonyl (C=O) groups excluding carboxylic acids is 2. The summed E-state index contributed by atoms with van der Waals surface area (Å²) in [6.45, 7) is -0.547. The van der Waals surface area contributed by atoms with Crippen LogP contribution < -0.4 is 16.8 Å². The number of hydrogen-bond donors (Lipinski definition) is 5. The molecule has 0 bridgehead atoms. The molecule has 0 saturated heterocycles. The highest BCUT2D eigenvalue weighted by Gasteiger charge is 2.62. The number of nitrogens with two attached hydrogens (primary N) is 2. The molecular weight excluding hydrogens is 230 g/mol. The Labute approximate surface area is 97.0 Å². The van der Waals surface area contributed by atoms with Gasteiger partial charge in [-0.05, 0) is 6.42 Å². The van der Waals surface area contributed by atoms with Crippen molar-refractivity contribution in [1.82, 2.24) is 5.32 Å². The van der Waals surface area contributed by atoms with Gasteiger partial charge in [-0.15, -0.1) is 0 Å². The fourth-order valence-corrected chi connectivity index (χ4v) is 1.59. The van der Waals surface area contributed by atoms with E-state index in [0.717, 1.165) is 0 Å². The number of carboxylic acid groups (broad SMARTS) is 1. The lowest BCUT2D eigenvalue weighted by atomic mass is 10.1. The summed E-state index contributed by atoms with van der Waals surface area (Å²) in [5.41, 5.74) is 9.37. The number of carboxylic acids is 1. The second kappa shape index (κ2) is 4.78. The molecule has 96 valence electrons. The van der Waals surface area contributed by atoms with Crippen molar-refractivity contribution in [2.75, 3.05) is 6.61 Å². The third-order valence-corrected chi connectivity index (χ3v) is 2.80. The van der Waals surface area contributed by atoms with Gasteiger partial charge in [-0.2, -0.15) is 0 Å². The van der Waals surface area contributed by atoms with E-state index in [0.29, 0.717) is 0 Å². The molecule has 3 atom stereocenters. The van der Waals surface area contributed by atoms with Crippen molar-refractivity contribution >= 4 is 17.7 Å². The number of hydrogen-bond acceptors (Lipinski definition) is 6. The zero-order valence-corrected chi connectivity index (χ0v) is 9.05. The van der Waals surface area contributed by atoms with Gasteiger partial charge in [-0.25, -0.2) is 0 Å². The summed E-state index contributed by atoms with van der Waals surface area (Å²) in [5, 5.41) is 19.8. The fourth-order valence-electron chi connectivity index (χ4n) is 1.59. The van der Waals surface area contributed by atoms with Gasteiger partial charge in [0, 0.05) is 6.42 Å². The van der Waals surface area contributed by atoms with Crippen molar-refractivity contribution in [2.24, 2.45) is 11.5 Å². The highest BCUT2D eigenvalue weighted by Crippen LogP contribution is 2.33. The molecule has 7 N–H and O–H groups in total. The van der Waals surface area contributed by atoms with E-state index >= 15 is 0 Å². The van der Waals surface area contributed by atoms with Crippen LogP contribution in [-0.2, 0) is 14.4 Å². The van der Waals surface area contributed by atoms with Crippen molar-refractivity contribution in [3.8, 4) is 0 Å². The second-order valence-corrected chi connectivity index (χ2v) is 4.04. The molecule has 0 spiro atoms. The predicted molar refractivity (Wildman–Crippen MR) is 55.8 cm³/mol. The Morgan fingerprint density at radius 2 is 2.12 bits per heavy atom. The zero-order chi connectivity index (χ0) is 13.2. The average molecular weight is 245 g/mol. The molecular formula is C9H15N3O5. The summed E-state index contributed by atoms with van der Waals surface area (Å²) in [6, 6.07) is -1.88. The number of rotatable bonds is 7. The number of carbonyl (C=O) groups is 3. The first kappa shape index (κ1) is 13.6. The minimum Gasteiger partial charge on any atom is -0.481 e. The Balaban J connectivity index is 2.55. The number of amides is 1. The molecule has 8 nitrogen and oxygen atoms in total. The van der Waals surface area contributed by atoms with Crippen LogP contribution in [0.15, 0.2) is 0 Å². The topological polar surface area (TPSA) is 156 Å². The molecule has 1 unspecified atom stereocenters. The Morgan fingerprint density at radius 1 is 1.53 bits per heavy atom. The smallest absolute Gasteiger partial charge is 0.303 e. The van der Waals surface area contributed by atoms with Crippen LogP contribution in [0.5, 0.6) is 0 Å². The first-order valence-electron chi connectivity index (χ1n) is 5.04. The SMILES string of the molecule is NC(=O)[C@H](CO)NC1C(=O)[C@]1(N)CCC(=O)O. The molecule has 17 heavy (non-hydrogen) atoms. The molecule has 0 aliphatic heterocycles. The van der Waals surface area contributed by atoms with E-state index in [1.807, 2.05) is 0 Å². The molecule has 1 rings (SSSR count). The molecule has 1 saturated carbocycles. The zero-order valence-electron chi connectivity index (χ0n) is 9.05. The largest absolute Gasteiger partial charge is 0.481 e. The van der Waals surface area contributed by atoms with Crippen LogP contribution >= 0.6 is 0 Å². The van der Waals surface area contributed by atoms with Crippen molar-refractivity contribution in [3.05, 3.63) is 0 Å². The first-order chi connectivity index (χ1) is 7.82. The molecule has 1 amide bonds. The van der Waals surface area contributed by atoms with E-state index in [4.69, 9.17) is 21.7 Å². The van der Waals surface area contributed by atoms with Crippen molar-refractivity contribution in [2.45, 2.75) is 30.5 Å². The van der Waals surface area contributed by atoms with E-state index < -0.39 is 36.1 Å². The van der Waals surface area contributed by atoms with Crippen LogP contribution in [0.25, 0.3) is 0 Å². The first-order valence-corrected chi connectivity index (χ1v) is 5.04. The lowest BCUT2D eigenvalue weighted by molar-refractivity contribution is -0.137. The van der Waals surface area contributed by atoms with Gasteiger partial charge in [0.1, 0.15) is 6.04 Å². The summed E-state index contributed by atoms with van der Waals surface area (Å²) < 4.78 is 0. The Morgan fingerprint density at radius 3 is 2.53 bits per heavy atom. The fraction of sp³-hybridized carbons (Fsp3) is 0.667. The lowest BCUT2D eigenvalue weighted by Gasteiger charge is -2.13. The maximum Gasteiger partial charge on any atom is 0.303 e. The van der Waals surface area contributed by atoms with E-state index in [-0.39, 0.29) is 18.6 Å². The molecule has 0 radical (unpaired) electrons. The van der Waals surface area contributed by atoms with E-state index in [9.17, 15) is 14.4 Å². The number of aliphatic carboxylic acids is 1. The average Bonchev–Trinajstić information content (AvgIpc) is 2.75. The van der Waals surface area contributed by atoms with Crippen molar-refractivity contribution < 1.29 is 24.6 Å². The number of Topliss-reactive ketones (excluding diaryl/α,β-unsaturated/α-hetero) is 1. The van der Waals surface area contributed by atoms with E-state index in [2.05, 4.69) is 5.32 Å². The summed E-state index contributed by atoms with van der Waals surface area (Å²) in [5.74, 6) is -2.23. The molecule has 0 aromatic heterocycles. The van der Waals surface area contributed by atoms with Crippen LogP contribution in [0.3, 0.4) is 0 Å². The van der Waals surface area contributed by atoms with E-state index in [1.165, 1.54) is 0 Å². The third-order valence-electron chi connectivity index (χ3n) is 2.80. The van der Waals surface area contributed by atoms with Crippen LogP contribution in [0.1, 0.15) is 12.8 Å². The normalized spacial score (nSPS) is 28.8. The highest BCUT2D eigenvalue weighted by molar-refractivity contribution is 6.12. The van der Waals surface area contributed by atoms with Gasteiger partial charge < -0.3 is 21.7 Å². The maximum atomic E-state index is 11.4. The van der Waals surface area contributed by atoms with Crippen molar-refractivity contribution in [3.63, 3.8) is 0 Å². The lowest BCUT2D eigenvalue weighted by Crippen LogP contribution is -2.48. The van der Waals surface area contributed by atoms with Crippen molar-refractivity contribution in [1.29, 1.82) is 0 Å². The number of ketones is 1. The summed E-state index contributed by atoms with van der Waals surface area (Å²) >= 11 is 0. The number of aliphatic hydroxyl groups excluding tert-OH is 1. The molecule has 8 heteroatoms. The Kier molecular flexibility index (Phi) is 3.81. The van der Waals surface area contributed by atoms with Crippen LogP contribution in [0.4, 0.5) is 0 Å². The predicted octanol–water partition coefficient (Wildman–Crippen LogP) is -3.06. The summed E-state index contributed by atoms with van der Waals surface area (Å²) in [4.78, 5) is 32.6. The van der Waals surface area contributed by atoms with Crippen LogP contribution in [-0.4, -0.2) is 52.1 Å². The highest BCUT2D eigenvalue weighted by atomic mass is 16.4. The Hall–Kier alpha value is -1.51. The van der Waals surface area contributed by atoms with Gasteiger partial charge >= 0.3 is 5.97 Å². The molecule has 1 aliphatic carbocycles. The minimum absolute atomic E-state index is 0.0181. The standard InChI is InChI=1S/C9H15N3O5/c10-8(17)4(3-13)12-6-7(16)9(6,11)2-1-5(14)15/h4,6,12-13H,1-3,11H2,(H2,10,17)(H,14,15)/t4-,6?,9-/m0/s1. The number of aliphatic hydroxyl groups is 1. The van der Waals surface area contributed by atoms with Gasteiger partial charge in [-0.1, -0.05) is 0 Å². The number of primary amides is 1. The molecule has 0 heterocycles. The molecule has 0 aromatic carbocycles. The molecule has 0 aromatic rings. The third kappa shape index (κ3) is 2.78. The van der Waals surface area contributed by atoms with Gasteiger partial charge in [0.15, 0.2) is 5.78 Å². The van der Waals surface area contributed by atoms with E-state index in [1.54, 1.807) is 0 Å². The van der Waals surface area contributed by atoms with Gasteiger partial charge in [0.25, 0.3) is 0 Å². The monoisotopic (exact) mass is 245 g/mol. The maximum absolute atomic E-state index is 11.4. The Bertz CT molecular complexity index is 359. The quantitative estimate of drug-likeness (QED) is 0.318. The van der Waals surface area contributed by atoms with Gasteiger partial charge in [0.2, 0.25) is 5.91 Å². The van der Waals surface area contributed by atoms with Crippen LogP contribution in [0, 0.1) is 0 Å².